The highest BCUT2D eigenvalue weighted by molar-refractivity contribution is 5.67. The molecule has 14 heteroatoms. The Labute approximate surface area is 545 Å². The van der Waals surface area contributed by atoms with E-state index in [0.29, 0.717) is 79.2 Å². The molecule has 0 saturated heterocycles. The monoisotopic (exact) mass is 1260 g/mol. The fourth-order valence-corrected chi connectivity index (χ4v) is 10.6. The minimum absolute atomic E-state index is 0.162. The summed E-state index contributed by atoms with van der Waals surface area (Å²) in [5, 5.41) is 5.56. The van der Waals surface area contributed by atoms with E-state index < -0.39 is 12.2 Å². The van der Waals surface area contributed by atoms with Crippen LogP contribution in [0.25, 0.3) is 0 Å². The smallest absolute Gasteiger partial charge is 0.407 e. The number of amides is 2. The van der Waals surface area contributed by atoms with Gasteiger partial charge in [-0.05, 0) is 25.7 Å². The first kappa shape index (κ1) is 88.3. The molecule has 0 heterocycles. The Bertz CT molecular complexity index is 1190. The minimum atomic E-state index is -0.444. The van der Waals surface area contributed by atoms with E-state index >= 15 is 0 Å². The van der Waals surface area contributed by atoms with Crippen LogP contribution >= 0.6 is 0 Å². The van der Waals surface area contributed by atoms with Crippen LogP contribution in [0.4, 0.5) is 9.59 Å². The van der Waals surface area contributed by atoms with Crippen LogP contribution < -0.4 is 10.6 Å². The number of hydrogen-bond acceptors (Lipinski definition) is 12. The topological polar surface area (TPSA) is 150 Å². The van der Waals surface area contributed by atoms with Crippen LogP contribution in [-0.4, -0.2) is 144 Å². The van der Waals surface area contributed by atoms with Gasteiger partial charge in [0.15, 0.2) is 0 Å². The van der Waals surface area contributed by atoms with E-state index in [9.17, 15) is 9.59 Å². The Kier molecular flexibility index (Phi) is 81.6. The molecule has 0 aliphatic heterocycles. The molecule has 0 fully saturated rings. The van der Waals surface area contributed by atoms with Crippen molar-refractivity contribution in [3.05, 3.63) is 0 Å². The van der Waals surface area contributed by atoms with Gasteiger partial charge in [-0.1, -0.05) is 310 Å². The minimum Gasteiger partial charge on any atom is -0.447 e. The Balaban J connectivity index is 0. The Hall–Kier alpha value is -1.78. The molecule has 0 aliphatic carbocycles. The van der Waals surface area contributed by atoms with E-state index in [1.54, 1.807) is 14.2 Å². The maximum absolute atomic E-state index is 12.1. The lowest BCUT2D eigenvalue weighted by Crippen LogP contribution is -2.37. The number of carbonyl (C=O) groups excluding carboxylic acids is 2. The molecule has 2 amide bonds. The van der Waals surface area contributed by atoms with E-state index in [-0.39, 0.29) is 25.4 Å². The van der Waals surface area contributed by atoms with E-state index in [2.05, 4.69) is 38.3 Å². The van der Waals surface area contributed by atoms with Gasteiger partial charge < -0.3 is 58.0 Å². The zero-order chi connectivity index (χ0) is 64.0. The van der Waals surface area contributed by atoms with E-state index in [1.807, 2.05) is 0 Å². The summed E-state index contributed by atoms with van der Waals surface area (Å²) in [4.78, 5) is 24.2. The summed E-state index contributed by atoms with van der Waals surface area (Å²) < 4.78 is 55.4. The molecule has 0 bridgehead atoms. The zero-order valence-corrected chi connectivity index (χ0v) is 59.3. The SMILES string of the molecule is CCCCCCCCCCCCCCOC[C@H](CNC(=O)OCCOCCOC)OCCCCCCCCCCCCCC.CCCCCCCCCCCCCCOC[C@H](COC(=O)NCCOCCOC)OCCCCCCCCCCCCCC. The summed E-state index contributed by atoms with van der Waals surface area (Å²) in [6.07, 6.45) is 62.5. The van der Waals surface area contributed by atoms with Crippen molar-refractivity contribution in [3.63, 3.8) is 0 Å². The van der Waals surface area contributed by atoms with Gasteiger partial charge >= 0.3 is 12.2 Å². The third-order valence-electron chi connectivity index (χ3n) is 16.3. The van der Waals surface area contributed by atoms with Crippen LogP contribution in [0.2, 0.25) is 0 Å². The molecule has 88 heavy (non-hydrogen) atoms. The number of rotatable bonds is 74. The van der Waals surface area contributed by atoms with Crippen molar-refractivity contribution in [1.82, 2.24) is 10.6 Å². The molecule has 2 atom stereocenters. The molecule has 0 spiro atoms. The van der Waals surface area contributed by atoms with E-state index in [0.717, 1.165) is 38.9 Å². The summed E-state index contributed by atoms with van der Waals surface area (Å²) in [5.41, 5.74) is 0. The maximum atomic E-state index is 12.1. The van der Waals surface area contributed by atoms with Gasteiger partial charge in [0, 0.05) is 53.7 Å². The molecule has 0 aromatic rings. The molecule has 528 valence electrons. The van der Waals surface area contributed by atoms with Crippen LogP contribution in [0.15, 0.2) is 0 Å². The highest BCUT2D eigenvalue weighted by Gasteiger charge is 2.15. The predicted molar refractivity (Wildman–Crippen MR) is 370 cm³/mol. The largest absolute Gasteiger partial charge is 0.447 e. The Morgan fingerprint density at radius 1 is 0.261 bits per heavy atom. The first-order valence-corrected chi connectivity index (χ1v) is 37.8. The number of alkyl carbamates (subject to hydrolysis) is 2. The molecule has 0 unspecified atom stereocenters. The summed E-state index contributed by atoms with van der Waals surface area (Å²) >= 11 is 0. The van der Waals surface area contributed by atoms with Crippen LogP contribution in [0.3, 0.4) is 0 Å². The average Bonchev–Trinajstić information content (AvgIpc) is 3.53. The third-order valence-corrected chi connectivity index (χ3v) is 16.3. The van der Waals surface area contributed by atoms with Crippen LogP contribution in [0, 0.1) is 0 Å². The van der Waals surface area contributed by atoms with Gasteiger partial charge in [-0.2, -0.15) is 0 Å². The van der Waals surface area contributed by atoms with Crippen molar-refractivity contribution in [2.24, 2.45) is 0 Å². The van der Waals surface area contributed by atoms with Gasteiger partial charge in [0.1, 0.15) is 19.3 Å². The molecule has 2 N–H and O–H groups in total. The van der Waals surface area contributed by atoms with Gasteiger partial charge in [-0.25, -0.2) is 9.59 Å². The molecule has 0 rings (SSSR count). The molecule has 0 saturated carbocycles. The van der Waals surface area contributed by atoms with Crippen LogP contribution in [-0.2, 0) is 47.4 Å². The lowest BCUT2D eigenvalue weighted by Gasteiger charge is -2.19. The first-order valence-electron chi connectivity index (χ1n) is 37.8. The van der Waals surface area contributed by atoms with Crippen molar-refractivity contribution >= 4 is 12.2 Å². The summed E-state index contributed by atoms with van der Waals surface area (Å²) in [6, 6.07) is 0. The normalized spacial score (nSPS) is 12.1. The second-order valence-electron chi connectivity index (χ2n) is 24.9. The molecular formula is C74H150N2O12. The standard InChI is InChI=1S/2C37H75NO6/c1-4-6-8-10-12-14-16-18-20-22-24-26-29-42-34-36(35-44-37(39)38-28-31-41-33-32-40-3)43-30-27-25-23-21-19-17-15-13-11-9-7-5-2;1-4-6-8-10-12-14-16-18-20-22-24-26-28-42-35-36(34-38-37(39)44-33-32-41-31-30-40-3)43-29-27-25-23-21-19-17-15-13-11-9-7-5-2/h2*36H,4-35H2,1-3H3,(H,38,39)/t2*36-/m10/s1. The van der Waals surface area contributed by atoms with Crippen molar-refractivity contribution < 1.29 is 57.0 Å². The van der Waals surface area contributed by atoms with Crippen molar-refractivity contribution in [3.8, 4) is 0 Å². The fraction of sp³-hybridized carbons (Fsp3) is 0.973. The molecular weight excluding hydrogens is 1110 g/mol. The summed E-state index contributed by atoms with van der Waals surface area (Å²) in [5.74, 6) is 0. The van der Waals surface area contributed by atoms with Crippen LogP contribution in [0.1, 0.15) is 336 Å². The van der Waals surface area contributed by atoms with Crippen molar-refractivity contribution in [2.45, 2.75) is 348 Å². The molecule has 0 aromatic carbocycles. The first-order chi connectivity index (χ1) is 43.5. The third kappa shape index (κ3) is 78.5. The molecule has 0 aromatic heterocycles. The second kappa shape index (κ2) is 81.3. The number of hydrogen-bond donors (Lipinski definition) is 2. The number of carbonyl (C=O) groups is 2. The highest BCUT2D eigenvalue weighted by atomic mass is 16.6. The van der Waals surface area contributed by atoms with Gasteiger partial charge in [-0.15, -0.1) is 0 Å². The number of ether oxygens (including phenoxy) is 10. The van der Waals surface area contributed by atoms with Gasteiger partial charge in [0.2, 0.25) is 0 Å². The van der Waals surface area contributed by atoms with Crippen LogP contribution in [0.5, 0.6) is 0 Å². The van der Waals surface area contributed by atoms with Gasteiger partial charge in [0.25, 0.3) is 0 Å². The maximum Gasteiger partial charge on any atom is 0.407 e. The lowest BCUT2D eigenvalue weighted by atomic mass is 10.1. The molecule has 14 nitrogen and oxygen atoms in total. The summed E-state index contributed by atoms with van der Waals surface area (Å²) in [6.45, 7) is 17.0. The quantitative estimate of drug-likeness (QED) is 0.0558. The van der Waals surface area contributed by atoms with Crippen molar-refractivity contribution in [2.75, 3.05) is 120 Å². The lowest BCUT2D eigenvalue weighted by molar-refractivity contribution is -0.0469. The summed E-state index contributed by atoms with van der Waals surface area (Å²) in [7, 11) is 3.27. The van der Waals surface area contributed by atoms with E-state index in [1.165, 1.54) is 283 Å². The molecule has 0 aliphatic rings. The molecule has 0 radical (unpaired) electrons. The zero-order valence-electron chi connectivity index (χ0n) is 59.3. The van der Waals surface area contributed by atoms with Gasteiger partial charge in [-0.3, -0.25) is 0 Å². The average molecular weight is 1260 g/mol. The number of nitrogens with one attached hydrogen (secondary N) is 2. The predicted octanol–water partition coefficient (Wildman–Crippen LogP) is 20.4. The highest BCUT2D eigenvalue weighted by Crippen LogP contribution is 2.17. The van der Waals surface area contributed by atoms with Gasteiger partial charge in [0.05, 0.1) is 59.0 Å². The Morgan fingerprint density at radius 3 is 0.898 bits per heavy atom. The fourth-order valence-electron chi connectivity index (χ4n) is 10.6. The number of unbranched alkanes of at least 4 members (excludes halogenated alkanes) is 44. The Morgan fingerprint density at radius 2 is 0.545 bits per heavy atom. The van der Waals surface area contributed by atoms with Crippen molar-refractivity contribution in [1.29, 1.82) is 0 Å². The second-order valence-corrected chi connectivity index (χ2v) is 24.9. The van der Waals surface area contributed by atoms with E-state index in [4.69, 9.17) is 47.4 Å². The number of methoxy groups -OCH3 is 2.